The van der Waals surface area contributed by atoms with Gasteiger partial charge in [0.1, 0.15) is 17.2 Å². The van der Waals surface area contributed by atoms with Gasteiger partial charge in [-0.05, 0) is 56.2 Å². The van der Waals surface area contributed by atoms with Crippen molar-refractivity contribution in [3.05, 3.63) is 48.0 Å². The van der Waals surface area contributed by atoms with E-state index < -0.39 is 0 Å². The maximum absolute atomic E-state index is 12.6. The Morgan fingerprint density at radius 2 is 1.58 bits per heavy atom. The van der Waals surface area contributed by atoms with E-state index in [4.69, 9.17) is 14.2 Å². The van der Waals surface area contributed by atoms with Crippen LogP contribution in [0.5, 0.6) is 17.2 Å². The first kappa shape index (κ1) is 19.6. The molecule has 0 atom stereocenters. The Balaban J connectivity index is 2.08. The SMILES string of the molecule is CCOc1ccc(C(=O)Nc2ccc(OCC(C)C)cc2)c(OCC)c1. The number of hydrogen-bond acceptors (Lipinski definition) is 4. The third kappa shape index (κ3) is 5.69. The third-order valence-corrected chi connectivity index (χ3v) is 3.50. The molecule has 140 valence electrons. The van der Waals surface area contributed by atoms with Crippen molar-refractivity contribution in [2.24, 2.45) is 5.92 Å². The van der Waals surface area contributed by atoms with Crippen LogP contribution in [-0.2, 0) is 0 Å². The number of rotatable bonds is 9. The van der Waals surface area contributed by atoms with Crippen molar-refractivity contribution in [2.75, 3.05) is 25.1 Å². The molecule has 0 aliphatic carbocycles. The van der Waals surface area contributed by atoms with Crippen LogP contribution in [0.2, 0.25) is 0 Å². The van der Waals surface area contributed by atoms with E-state index in [0.717, 1.165) is 5.75 Å². The molecule has 0 fully saturated rings. The Morgan fingerprint density at radius 3 is 2.19 bits per heavy atom. The number of amides is 1. The molecule has 0 aliphatic rings. The Labute approximate surface area is 155 Å². The molecule has 5 heteroatoms. The highest BCUT2D eigenvalue weighted by Crippen LogP contribution is 2.26. The van der Waals surface area contributed by atoms with Crippen molar-refractivity contribution >= 4 is 11.6 Å². The normalized spacial score (nSPS) is 10.5. The van der Waals surface area contributed by atoms with Gasteiger partial charge >= 0.3 is 0 Å². The summed E-state index contributed by atoms with van der Waals surface area (Å²) in [5.74, 6) is 2.21. The molecule has 0 aliphatic heterocycles. The Morgan fingerprint density at radius 1 is 0.923 bits per heavy atom. The van der Waals surface area contributed by atoms with Crippen LogP contribution in [0.4, 0.5) is 5.69 Å². The van der Waals surface area contributed by atoms with Gasteiger partial charge in [-0.1, -0.05) is 13.8 Å². The Kier molecular flexibility index (Phi) is 7.33. The van der Waals surface area contributed by atoms with Crippen molar-refractivity contribution < 1.29 is 19.0 Å². The summed E-state index contributed by atoms with van der Waals surface area (Å²) in [5, 5.41) is 2.89. The quantitative estimate of drug-likeness (QED) is 0.702. The number of hydrogen-bond donors (Lipinski definition) is 1. The van der Waals surface area contributed by atoms with Crippen LogP contribution in [0.15, 0.2) is 42.5 Å². The summed E-state index contributed by atoms with van der Waals surface area (Å²) in [5.41, 5.74) is 1.17. The van der Waals surface area contributed by atoms with Crippen LogP contribution in [0, 0.1) is 5.92 Å². The zero-order valence-electron chi connectivity index (χ0n) is 15.9. The van der Waals surface area contributed by atoms with Crippen LogP contribution in [0.3, 0.4) is 0 Å². The van der Waals surface area contributed by atoms with Gasteiger partial charge in [-0.15, -0.1) is 0 Å². The topological polar surface area (TPSA) is 56.8 Å². The van der Waals surface area contributed by atoms with Crippen molar-refractivity contribution in [1.29, 1.82) is 0 Å². The fraction of sp³-hybridized carbons (Fsp3) is 0.381. The van der Waals surface area contributed by atoms with Crippen LogP contribution in [0.25, 0.3) is 0 Å². The lowest BCUT2D eigenvalue weighted by Gasteiger charge is -2.13. The lowest BCUT2D eigenvalue weighted by atomic mass is 10.1. The van der Waals surface area contributed by atoms with E-state index in [-0.39, 0.29) is 5.91 Å². The number of ether oxygens (including phenoxy) is 3. The highest BCUT2D eigenvalue weighted by molar-refractivity contribution is 6.06. The summed E-state index contributed by atoms with van der Waals surface area (Å²) in [4.78, 5) is 12.6. The first-order chi connectivity index (χ1) is 12.5. The number of carbonyl (C=O) groups is 1. The zero-order valence-corrected chi connectivity index (χ0v) is 15.9. The highest BCUT2D eigenvalue weighted by Gasteiger charge is 2.14. The second-order valence-electron chi connectivity index (χ2n) is 6.21. The Hall–Kier alpha value is -2.69. The molecule has 0 saturated heterocycles. The molecule has 0 aromatic heterocycles. The summed E-state index contributed by atoms with van der Waals surface area (Å²) in [6.45, 7) is 9.68. The van der Waals surface area contributed by atoms with E-state index in [1.165, 1.54) is 0 Å². The summed E-state index contributed by atoms with van der Waals surface area (Å²) in [6, 6.07) is 12.6. The fourth-order valence-electron chi connectivity index (χ4n) is 2.32. The standard InChI is InChI=1S/C21H27NO4/c1-5-24-18-11-12-19(20(13-18)25-6-2)21(23)22-16-7-9-17(10-8-16)26-14-15(3)4/h7-13,15H,5-6,14H2,1-4H3,(H,22,23). The maximum atomic E-state index is 12.6. The fourth-order valence-corrected chi connectivity index (χ4v) is 2.32. The van der Waals surface area contributed by atoms with E-state index in [1.54, 1.807) is 18.2 Å². The molecule has 0 spiro atoms. The molecule has 0 unspecified atom stereocenters. The number of carbonyl (C=O) groups excluding carboxylic acids is 1. The molecule has 2 rings (SSSR count). The van der Waals surface area contributed by atoms with Gasteiger partial charge in [0, 0.05) is 11.8 Å². The monoisotopic (exact) mass is 357 g/mol. The van der Waals surface area contributed by atoms with Gasteiger partial charge < -0.3 is 19.5 Å². The lowest BCUT2D eigenvalue weighted by molar-refractivity contribution is 0.102. The van der Waals surface area contributed by atoms with Gasteiger partial charge in [0.05, 0.1) is 25.4 Å². The van der Waals surface area contributed by atoms with Crippen LogP contribution < -0.4 is 19.5 Å². The van der Waals surface area contributed by atoms with Crippen molar-refractivity contribution in [1.82, 2.24) is 0 Å². The Bertz CT molecular complexity index is 710. The number of benzene rings is 2. The zero-order chi connectivity index (χ0) is 18.9. The molecular formula is C21H27NO4. The first-order valence-corrected chi connectivity index (χ1v) is 8.97. The average molecular weight is 357 g/mol. The van der Waals surface area contributed by atoms with E-state index in [1.807, 2.05) is 38.1 Å². The second kappa shape index (κ2) is 9.70. The predicted octanol–water partition coefficient (Wildman–Crippen LogP) is 4.77. The summed E-state index contributed by atoms with van der Waals surface area (Å²) in [6.07, 6.45) is 0. The summed E-state index contributed by atoms with van der Waals surface area (Å²) >= 11 is 0. The molecule has 2 aromatic rings. The van der Waals surface area contributed by atoms with Crippen molar-refractivity contribution in [3.63, 3.8) is 0 Å². The second-order valence-corrected chi connectivity index (χ2v) is 6.21. The van der Waals surface area contributed by atoms with Crippen LogP contribution in [-0.4, -0.2) is 25.7 Å². The van der Waals surface area contributed by atoms with Gasteiger partial charge in [-0.2, -0.15) is 0 Å². The molecule has 2 aromatic carbocycles. The predicted molar refractivity (Wildman–Crippen MR) is 104 cm³/mol. The van der Waals surface area contributed by atoms with Gasteiger partial charge in [-0.3, -0.25) is 4.79 Å². The van der Waals surface area contributed by atoms with E-state index in [0.29, 0.717) is 48.5 Å². The van der Waals surface area contributed by atoms with Crippen molar-refractivity contribution in [2.45, 2.75) is 27.7 Å². The maximum Gasteiger partial charge on any atom is 0.259 e. The van der Waals surface area contributed by atoms with Crippen LogP contribution >= 0.6 is 0 Å². The number of nitrogens with one attached hydrogen (secondary N) is 1. The molecule has 1 N–H and O–H groups in total. The molecule has 0 heterocycles. The molecule has 0 bridgehead atoms. The molecule has 0 radical (unpaired) electrons. The lowest BCUT2D eigenvalue weighted by Crippen LogP contribution is -2.14. The molecular weight excluding hydrogens is 330 g/mol. The van der Waals surface area contributed by atoms with Crippen LogP contribution in [0.1, 0.15) is 38.1 Å². The third-order valence-electron chi connectivity index (χ3n) is 3.50. The van der Waals surface area contributed by atoms with E-state index in [2.05, 4.69) is 19.2 Å². The minimum Gasteiger partial charge on any atom is -0.494 e. The molecule has 5 nitrogen and oxygen atoms in total. The van der Waals surface area contributed by atoms with Gasteiger partial charge in [0.25, 0.3) is 5.91 Å². The van der Waals surface area contributed by atoms with Crippen molar-refractivity contribution in [3.8, 4) is 17.2 Å². The minimum atomic E-state index is -0.229. The van der Waals surface area contributed by atoms with Gasteiger partial charge in [0.2, 0.25) is 0 Å². The van der Waals surface area contributed by atoms with Gasteiger partial charge in [-0.25, -0.2) is 0 Å². The van der Waals surface area contributed by atoms with E-state index >= 15 is 0 Å². The largest absolute Gasteiger partial charge is 0.494 e. The minimum absolute atomic E-state index is 0.229. The average Bonchev–Trinajstić information content (AvgIpc) is 2.62. The van der Waals surface area contributed by atoms with E-state index in [9.17, 15) is 4.79 Å². The summed E-state index contributed by atoms with van der Waals surface area (Å²) < 4.78 is 16.7. The first-order valence-electron chi connectivity index (χ1n) is 8.97. The number of anilines is 1. The molecule has 26 heavy (non-hydrogen) atoms. The smallest absolute Gasteiger partial charge is 0.259 e. The highest BCUT2D eigenvalue weighted by atomic mass is 16.5. The molecule has 0 saturated carbocycles. The van der Waals surface area contributed by atoms with Gasteiger partial charge in [0.15, 0.2) is 0 Å². The molecule has 1 amide bonds. The summed E-state index contributed by atoms with van der Waals surface area (Å²) in [7, 11) is 0.